The van der Waals surface area contributed by atoms with E-state index in [0.717, 1.165) is 5.69 Å². The molecule has 4 heteroatoms. The maximum Gasteiger partial charge on any atom is 0.0666 e. The van der Waals surface area contributed by atoms with Gasteiger partial charge in [0.1, 0.15) is 0 Å². The Labute approximate surface area is 126 Å². The third-order valence-corrected chi connectivity index (χ3v) is 4.25. The van der Waals surface area contributed by atoms with Crippen molar-refractivity contribution in [2.75, 3.05) is 25.0 Å². The van der Waals surface area contributed by atoms with Crippen LogP contribution in [-0.2, 0) is 0 Å². The summed E-state index contributed by atoms with van der Waals surface area (Å²) in [6.45, 7) is 5.86. The fourth-order valence-corrected chi connectivity index (χ4v) is 3.01. The van der Waals surface area contributed by atoms with Crippen LogP contribution in [0.3, 0.4) is 0 Å². The van der Waals surface area contributed by atoms with E-state index in [4.69, 9.17) is 0 Å². The normalized spacial score (nSPS) is 20.1. The Hall–Kier alpha value is -1.81. The van der Waals surface area contributed by atoms with Gasteiger partial charge in [0.2, 0.25) is 0 Å². The molecule has 1 N–H and O–H groups in total. The minimum atomic E-state index is 0.578. The quantitative estimate of drug-likeness (QED) is 0.936. The summed E-state index contributed by atoms with van der Waals surface area (Å²) in [6, 6.07) is 11.0. The van der Waals surface area contributed by atoms with E-state index in [1.807, 2.05) is 23.1 Å². The first kappa shape index (κ1) is 14.1. The summed E-state index contributed by atoms with van der Waals surface area (Å²) in [5.74, 6) is 0. The predicted octanol–water partition coefficient (Wildman–Crippen LogP) is 3.16. The van der Waals surface area contributed by atoms with Crippen LogP contribution < -0.4 is 5.32 Å². The fourth-order valence-electron chi connectivity index (χ4n) is 3.01. The number of rotatable bonds is 4. The van der Waals surface area contributed by atoms with Crippen LogP contribution in [0.2, 0.25) is 0 Å². The molecule has 0 saturated carbocycles. The van der Waals surface area contributed by atoms with Crippen molar-refractivity contribution in [3.8, 4) is 5.69 Å². The van der Waals surface area contributed by atoms with Crippen LogP contribution in [0.4, 0.5) is 5.69 Å². The Morgan fingerprint density at radius 2 is 2.19 bits per heavy atom. The second kappa shape index (κ2) is 6.76. The number of nitrogens with zero attached hydrogens (tertiary/aromatic N) is 3. The Morgan fingerprint density at radius 1 is 1.24 bits per heavy atom. The second-order valence-corrected chi connectivity index (χ2v) is 5.71. The number of hydrogen-bond donors (Lipinski definition) is 1. The SMILES string of the molecule is CCN1CCCC(Nc2cccc(-n3cccn3)c2)CC1. The molecule has 0 radical (unpaired) electrons. The molecule has 1 aliphatic heterocycles. The molecule has 1 atom stereocenters. The molecule has 0 spiro atoms. The van der Waals surface area contributed by atoms with E-state index in [9.17, 15) is 0 Å². The molecule has 3 rings (SSSR count). The van der Waals surface area contributed by atoms with E-state index < -0.39 is 0 Å². The maximum atomic E-state index is 4.29. The van der Waals surface area contributed by atoms with Gasteiger partial charge in [-0.15, -0.1) is 0 Å². The third kappa shape index (κ3) is 3.64. The van der Waals surface area contributed by atoms with Crippen molar-refractivity contribution >= 4 is 5.69 Å². The zero-order chi connectivity index (χ0) is 14.5. The first-order chi connectivity index (χ1) is 10.3. The molecular weight excluding hydrogens is 260 g/mol. The highest BCUT2D eigenvalue weighted by Gasteiger charge is 2.15. The zero-order valence-corrected chi connectivity index (χ0v) is 12.7. The highest BCUT2D eigenvalue weighted by Crippen LogP contribution is 2.19. The topological polar surface area (TPSA) is 33.1 Å². The van der Waals surface area contributed by atoms with Gasteiger partial charge in [0, 0.05) is 30.7 Å². The van der Waals surface area contributed by atoms with Crippen LogP contribution in [-0.4, -0.2) is 40.4 Å². The van der Waals surface area contributed by atoms with Crippen molar-refractivity contribution < 1.29 is 0 Å². The summed E-state index contributed by atoms with van der Waals surface area (Å²) in [5, 5.41) is 7.99. The molecule has 0 amide bonds. The summed E-state index contributed by atoms with van der Waals surface area (Å²) in [6.07, 6.45) is 7.54. The summed E-state index contributed by atoms with van der Waals surface area (Å²) >= 11 is 0. The number of benzene rings is 1. The van der Waals surface area contributed by atoms with Gasteiger partial charge in [0.15, 0.2) is 0 Å². The molecule has 112 valence electrons. The standard InChI is InChI=1S/C17H24N4/c1-2-20-11-4-7-15(9-13-20)19-16-6-3-8-17(14-16)21-12-5-10-18-21/h3,5-6,8,10,12,14-15,19H,2,4,7,9,11,13H2,1H3. The molecule has 1 aromatic carbocycles. The monoisotopic (exact) mass is 284 g/mol. The van der Waals surface area contributed by atoms with Crippen LogP contribution in [0.15, 0.2) is 42.7 Å². The molecular formula is C17H24N4. The van der Waals surface area contributed by atoms with Gasteiger partial charge in [0.05, 0.1) is 5.69 Å². The molecule has 21 heavy (non-hydrogen) atoms. The van der Waals surface area contributed by atoms with E-state index >= 15 is 0 Å². The maximum absolute atomic E-state index is 4.29. The van der Waals surface area contributed by atoms with E-state index in [1.54, 1.807) is 0 Å². The predicted molar refractivity (Wildman–Crippen MR) is 86.9 cm³/mol. The van der Waals surface area contributed by atoms with E-state index in [0.29, 0.717) is 6.04 Å². The van der Waals surface area contributed by atoms with Gasteiger partial charge in [-0.25, -0.2) is 4.68 Å². The molecule has 1 aliphatic rings. The number of aromatic nitrogens is 2. The summed E-state index contributed by atoms with van der Waals surface area (Å²) in [7, 11) is 0. The summed E-state index contributed by atoms with van der Waals surface area (Å²) < 4.78 is 1.90. The lowest BCUT2D eigenvalue weighted by Gasteiger charge is -2.19. The third-order valence-electron chi connectivity index (χ3n) is 4.25. The number of hydrogen-bond acceptors (Lipinski definition) is 3. The second-order valence-electron chi connectivity index (χ2n) is 5.71. The molecule has 1 unspecified atom stereocenters. The average Bonchev–Trinajstić information content (AvgIpc) is 2.96. The molecule has 0 bridgehead atoms. The van der Waals surface area contributed by atoms with Gasteiger partial charge >= 0.3 is 0 Å². The molecule has 1 saturated heterocycles. The molecule has 1 aromatic heterocycles. The van der Waals surface area contributed by atoms with Crippen molar-refractivity contribution in [3.63, 3.8) is 0 Å². The Kier molecular flexibility index (Phi) is 4.55. The molecule has 4 nitrogen and oxygen atoms in total. The van der Waals surface area contributed by atoms with Gasteiger partial charge in [-0.1, -0.05) is 13.0 Å². The lowest BCUT2D eigenvalue weighted by molar-refractivity contribution is 0.300. The Bertz CT molecular complexity index is 550. The smallest absolute Gasteiger partial charge is 0.0666 e. The largest absolute Gasteiger partial charge is 0.382 e. The Balaban J connectivity index is 1.66. The number of nitrogens with one attached hydrogen (secondary N) is 1. The summed E-state index contributed by atoms with van der Waals surface area (Å²) in [5.41, 5.74) is 2.30. The van der Waals surface area contributed by atoms with Crippen molar-refractivity contribution in [1.82, 2.24) is 14.7 Å². The highest BCUT2D eigenvalue weighted by atomic mass is 15.3. The van der Waals surface area contributed by atoms with Crippen molar-refractivity contribution in [2.45, 2.75) is 32.2 Å². The molecule has 0 aliphatic carbocycles. The van der Waals surface area contributed by atoms with Crippen LogP contribution in [0, 0.1) is 0 Å². The van der Waals surface area contributed by atoms with E-state index in [2.05, 4.69) is 46.5 Å². The lowest BCUT2D eigenvalue weighted by Crippen LogP contribution is -2.26. The van der Waals surface area contributed by atoms with Crippen LogP contribution >= 0.6 is 0 Å². The van der Waals surface area contributed by atoms with Crippen LogP contribution in [0.25, 0.3) is 5.69 Å². The Morgan fingerprint density at radius 3 is 3.00 bits per heavy atom. The van der Waals surface area contributed by atoms with Crippen LogP contribution in [0.1, 0.15) is 26.2 Å². The minimum Gasteiger partial charge on any atom is -0.382 e. The molecule has 2 heterocycles. The number of anilines is 1. The fraction of sp³-hybridized carbons (Fsp3) is 0.471. The van der Waals surface area contributed by atoms with Crippen molar-refractivity contribution in [1.29, 1.82) is 0 Å². The van der Waals surface area contributed by atoms with Gasteiger partial charge in [-0.2, -0.15) is 5.10 Å². The molecule has 1 fully saturated rings. The van der Waals surface area contributed by atoms with Crippen molar-refractivity contribution in [3.05, 3.63) is 42.7 Å². The van der Waals surface area contributed by atoms with Crippen molar-refractivity contribution in [2.24, 2.45) is 0 Å². The summed E-state index contributed by atoms with van der Waals surface area (Å²) in [4.78, 5) is 2.54. The minimum absolute atomic E-state index is 0.578. The average molecular weight is 284 g/mol. The lowest BCUT2D eigenvalue weighted by atomic mass is 10.1. The first-order valence-electron chi connectivity index (χ1n) is 7.94. The van der Waals surface area contributed by atoms with Gasteiger partial charge in [-0.3, -0.25) is 0 Å². The highest BCUT2D eigenvalue weighted by molar-refractivity contribution is 5.51. The van der Waals surface area contributed by atoms with E-state index in [1.165, 1.54) is 44.6 Å². The van der Waals surface area contributed by atoms with E-state index in [-0.39, 0.29) is 0 Å². The van der Waals surface area contributed by atoms with Gasteiger partial charge < -0.3 is 10.2 Å². The van der Waals surface area contributed by atoms with Gasteiger partial charge in [-0.05, 0) is 56.6 Å². The number of likely N-dealkylation sites (tertiary alicyclic amines) is 1. The zero-order valence-electron chi connectivity index (χ0n) is 12.7. The van der Waals surface area contributed by atoms with Gasteiger partial charge in [0.25, 0.3) is 0 Å². The first-order valence-corrected chi connectivity index (χ1v) is 7.94. The molecule has 2 aromatic rings. The van der Waals surface area contributed by atoms with Crippen LogP contribution in [0.5, 0.6) is 0 Å².